The second-order valence-corrected chi connectivity index (χ2v) is 2.07. The highest BCUT2D eigenvalue weighted by Gasteiger charge is 2.10. The average molecular weight is 183 g/mol. The number of carbonyl (C=O) groups is 1. The van der Waals surface area contributed by atoms with Gasteiger partial charge in [0.05, 0.1) is 4.92 Å². The number of rotatable bonds is 3. The molecule has 0 saturated carbocycles. The molecular formula is C6H5N3O4. The smallest absolute Gasteiger partial charge is 0.307 e. The molecule has 68 valence electrons. The van der Waals surface area contributed by atoms with Crippen LogP contribution in [0.4, 0.5) is 5.69 Å². The average Bonchev–Trinajstić information content (AvgIpc) is 2.56. The Bertz CT molecular complexity index is 368. The number of carbonyl (C=O) groups excluding carboxylic acids is 1. The maximum Gasteiger partial charge on any atom is 0.307 e. The second-order valence-electron chi connectivity index (χ2n) is 2.07. The predicted octanol–water partition coefficient (Wildman–Crippen LogP) is 0.347. The molecule has 7 nitrogen and oxygen atoms in total. The zero-order valence-electron chi connectivity index (χ0n) is 6.32. The Morgan fingerprint density at radius 3 is 2.85 bits per heavy atom. The highest BCUT2D eigenvalue weighted by Crippen LogP contribution is 2.10. The number of aromatic nitrogens is 2. The van der Waals surface area contributed by atoms with Crippen molar-refractivity contribution in [2.45, 2.75) is 0 Å². The fraction of sp³-hybridized carbons (Fsp3) is 0. The van der Waals surface area contributed by atoms with E-state index in [1.54, 1.807) is 0 Å². The topological polar surface area (TPSA) is 98.3 Å². The maximum atomic E-state index is 10.3. The van der Waals surface area contributed by atoms with Gasteiger partial charge < -0.3 is 5.11 Å². The molecule has 0 aromatic carbocycles. The van der Waals surface area contributed by atoms with E-state index in [-0.39, 0.29) is 11.4 Å². The van der Waals surface area contributed by atoms with Gasteiger partial charge in [-0.1, -0.05) is 0 Å². The van der Waals surface area contributed by atoms with Crippen LogP contribution in [-0.2, 0) is 4.79 Å². The van der Waals surface area contributed by atoms with Crippen LogP contribution in [0.2, 0.25) is 0 Å². The number of hydrogen-bond acceptors (Lipinski definition) is 5. The molecule has 0 aliphatic rings. The first-order valence-electron chi connectivity index (χ1n) is 3.18. The summed E-state index contributed by atoms with van der Waals surface area (Å²) in [5.41, 5.74) is -0.422. The predicted molar refractivity (Wildman–Crippen MR) is 41.8 cm³/mol. The number of nitro groups is 1. The first-order chi connectivity index (χ1) is 6.19. The maximum absolute atomic E-state index is 10.3. The summed E-state index contributed by atoms with van der Waals surface area (Å²) in [5, 5.41) is 22.2. The third-order valence-electron chi connectivity index (χ3n) is 1.30. The van der Waals surface area contributed by atoms with Crippen molar-refractivity contribution >= 4 is 17.7 Å². The number of aliphatic hydroxyl groups excluding tert-OH is 1. The lowest BCUT2D eigenvalue weighted by Gasteiger charge is -1.93. The number of allylic oxidation sites excluding steroid dienone is 1. The molecule has 0 fully saturated rings. The van der Waals surface area contributed by atoms with Crippen LogP contribution in [0.25, 0.3) is 5.70 Å². The molecule has 1 heterocycles. The van der Waals surface area contributed by atoms with Crippen molar-refractivity contribution in [1.82, 2.24) is 9.78 Å². The normalized spacial score (nSPS) is 11.2. The number of aldehydes is 1. The molecule has 0 amide bonds. The fourth-order valence-electron chi connectivity index (χ4n) is 0.692. The summed E-state index contributed by atoms with van der Waals surface area (Å²) in [6.07, 6.45) is 2.85. The summed E-state index contributed by atoms with van der Waals surface area (Å²) in [4.78, 5) is 19.8. The van der Waals surface area contributed by atoms with Crippen LogP contribution in [0.5, 0.6) is 0 Å². The van der Waals surface area contributed by atoms with E-state index in [1.165, 1.54) is 0 Å². The largest absolute Gasteiger partial charge is 0.513 e. The molecule has 13 heavy (non-hydrogen) atoms. The van der Waals surface area contributed by atoms with Crippen molar-refractivity contribution in [3.8, 4) is 0 Å². The highest BCUT2D eigenvalue weighted by molar-refractivity contribution is 5.97. The van der Waals surface area contributed by atoms with Crippen molar-refractivity contribution in [3.05, 3.63) is 28.8 Å². The molecule has 0 aliphatic carbocycles. The summed E-state index contributed by atoms with van der Waals surface area (Å²) in [6, 6.07) is 0. The highest BCUT2D eigenvalue weighted by atomic mass is 16.6. The van der Waals surface area contributed by atoms with Gasteiger partial charge in [0.2, 0.25) is 0 Å². The van der Waals surface area contributed by atoms with Crippen LogP contribution in [0.1, 0.15) is 0 Å². The van der Waals surface area contributed by atoms with E-state index in [4.69, 9.17) is 5.11 Å². The molecule has 7 heteroatoms. The summed E-state index contributed by atoms with van der Waals surface area (Å²) < 4.78 is 0.908. The van der Waals surface area contributed by atoms with Gasteiger partial charge in [-0.05, 0) is 0 Å². The van der Waals surface area contributed by atoms with E-state index < -0.39 is 4.92 Å². The van der Waals surface area contributed by atoms with E-state index in [9.17, 15) is 14.9 Å². The Balaban J connectivity index is 3.04. The van der Waals surface area contributed by atoms with Crippen LogP contribution in [0.15, 0.2) is 18.7 Å². The van der Waals surface area contributed by atoms with Gasteiger partial charge in [0, 0.05) is 0 Å². The van der Waals surface area contributed by atoms with Crippen molar-refractivity contribution < 1.29 is 14.8 Å². The molecule has 0 radical (unpaired) electrons. The van der Waals surface area contributed by atoms with Gasteiger partial charge in [0.1, 0.15) is 24.4 Å². The van der Waals surface area contributed by atoms with Crippen molar-refractivity contribution in [3.63, 3.8) is 0 Å². The minimum atomic E-state index is -0.650. The second kappa shape index (κ2) is 3.48. The molecule has 0 unspecified atom stereocenters. The van der Waals surface area contributed by atoms with Crippen LogP contribution < -0.4 is 0 Å². The number of nitrogens with zero attached hydrogens (tertiary/aromatic N) is 3. The van der Waals surface area contributed by atoms with Gasteiger partial charge in [-0.3, -0.25) is 14.9 Å². The quantitative estimate of drug-likeness (QED) is 0.239. The van der Waals surface area contributed by atoms with Crippen molar-refractivity contribution in [2.24, 2.45) is 0 Å². The molecule has 1 aromatic rings. The van der Waals surface area contributed by atoms with Crippen LogP contribution >= 0.6 is 0 Å². The summed E-state index contributed by atoms with van der Waals surface area (Å²) in [5.74, 6) is 0. The molecule has 0 spiro atoms. The SMILES string of the molecule is O=C/C(=C/O)n1cc([N+](=O)[O-])cn1. The standard InChI is InChI=1S/C6H5N3O4/c10-3-6(4-11)8-2-5(1-7-8)9(12)13/h1-4,10H/b6-3-. The summed E-state index contributed by atoms with van der Waals surface area (Å²) in [6.45, 7) is 0. The Labute approximate surface area is 72.1 Å². The lowest BCUT2D eigenvalue weighted by atomic mass is 10.5. The zero-order chi connectivity index (χ0) is 9.84. The Hall–Kier alpha value is -2.18. The van der Waals surface area contributed by atoms with Gasteiger partial charge in [0.15, 0.2) is 6.29 Å². The Morgan fingerprint density at radius 1 is 1.77 bits per heavy atom. The lowest BCUT2D eigenvalue weighted by Crippen LogP contribution is -1.98. The number of hydrogen-bond donors (Lipinski definition) is 1. The lowest BCUT2D eigenvalue weighted by molar-refractivity contribution is -0.384. The first-order valence-corrected chi connectivity index (χ1v) is 3.18. The van der Waals surface area contributed by atoms with Gasteiger partial charge in [-0.25, -0.2) is 4.68 Å². The third-order valence-corrected chi connectivity index (χ3v) is 1.30. The van der Waals surface area contributed by atoms with Crippen molar-refractivity contribution in [1.29, 1.82) is 0 Å². The van der Waals surface area contributed by atoms with E-state index in [1.807, 2.05) is 0 Å². The molecule has 1 rings (SSSR count). The molecule has 0 atom stereocenters. The van der Waals surface area contributed by atoms with E-state index >= 15 is 0 Å². The van der Waals surface area contributed by atoms with E-state index in [0.29, 0.717) is 12.5 Å². The first kappa shape index (κ1) is 8.91. The summed E-state index contributed by atoms with van der Waals surface area (Å²) in [7, 11) is 0. The molecular weight excluding hydrogens is 178 g/mol. The number of aliphatic hydroxyl groups is 1. The molecule has 0 aliphatic heterocycles. The molecule has 0 saturated heterocycles. The van der Waals surface area contributed by atoms with E-state index in [0.717, 1.165) is 17.1 Å². The van der Waals surface area contributed by atoms with Crippen LogP contribution in [-0.4, -0.2) is 26.1 Å². The fourth-order valence-corrected chi connectivity index (χ4v) is 0.692. The van der Waals surface area contributed by atoms with Gasteiger partial charge in [-0.2, -0.15) is 5.10 Å². The van der Waals surface area contributed by atoms with Crippen LogP contribution in [0.3, 0.4) is 0 Å². The Morgan fingerprint density at radius 2 is 2.46 bits per heavy atom. The van der Waals surface area contributed by atoms with E-state index in [2.05, 4.69) is 5.10 Å². The van der Waals surface area contributed by atoms with Gasteiger partial charge in [-0.15, -0.1) is 0 Å². The van der Waals surface area contributed by atoms with Gasteiger partial charge in [0.25, 0.3) is 0 Å². The molecule has 1 N–H and O–H groups in total. The third kappa shape index (κ3) is 1.70. The zero-order valence-corrected chi connectivity index (χ0v) is 6.32. The summed E-state index contributed by atoms with van der Waals surface area (Å²) >= 11 is 0. The van der Waals surface area contributed by atoms with Crippen molar-refractivity contribution in [2.75, 3.05) is 0 Å². The monoisotopic (exact) mass is 183 g/mol. The minimum Gasteiger partial charge on any atom is -0.513 e. The van der Waals surface area contributed by atoms with Crippen LogP contribution in [0, 0.1) is 10.1 Å². The molecule has 0 bridgehead atoms. The Kier molecular flexibility index (Phi) is 2.38. The van der Waals surface area contributed by atoms with Gasteiger partial charge >= 0.3 is 5.69 Å². The minimum absolute atomic E-state index is 0.173. The molecule has 1 aromatic heterocycles.